The van der Waals surface area contributed by atoms with Crippen molar-refractivity contribution in [3.05, 3.63) is 20.4 Å². The molecule has 1 aromatic carbocycles. The smallest absolute Gasteiger partial charge is 0.275 e. The monoisotopic (exact) mass is 230 g/mol. The Hall–Kier alpha value is -1.40. The highest BCUT2D eigenvalue weighted by molar-refractivity contribution is 5.45. The molecule has 0 radical (unpaired) electrons. The molecule has 0 aliphatic carbocycles. The minimum Gasteiger partial charge on any atom is -0.484 e. The molecule has 1 aromatic rings. The van der Waals surface area contributed by atoms with Crippen molar-refractivity contribution in [2.45, 2.75) is 0 Å². The SMILES string of the molecule is COCCOc1c(OCCOC)c(=O)c1=O. The van der Waals surface area contributed by atoms with Crippen LogP contribution in [0, 0.1) is 0 Å². The third-order valence-corrected chi connectivity index (χ3v) is 1.89. The van der Waals surface area contributed by atoms with Crippen LogP contribution >= 0.6 is 0 Å². The fourth-order valence-electron chi connectivity index (χ4n) is 1.07. The normalized spacial score (nSPS) is 10.6. The Balaban J connectivity index is 2.52. The second kappa shape index (κ2) is 6.24. The molecule has 0 aliphatic rings. The molecule has 0 saturated carbocycles. The van der Waals surface area contributed by atoms with E-state index >= 15 is 0 Å². The van der Waals surface area contributed by atoms with E-state index in [2.05, 4.69) is 0 Å². The minimum absolute atomic E-state index is 0.0156. The summed E-state index contributed by atoms with van der Waals surface area (Å²) in [6.45, 7) is 1.11. The molecular formula is C10H14O6. The molecule has 0 bridgehead atoms. The maximum Gasteiger partial charge on any atom is 0.275 e. The molecule has 0 fully saturated rings. The molecule has 0 saturated heterocycles. The lowest BCUT2D eigenvalue weighted by atomic mass is 10.2. The highest BCUT2D eigenvalue weighted by atomic mass is 16.6. The summed E-state index contributed by atoms with van der Waals surface area (Å²) in [4.78, 5) is 22.2. The molecule has 0 N–H and O–H groups in total. The first-order valence-electron chi connectivity index (χ1n) is 4.79. The van der Waals surface area contributed by atoms with Crippen LogP contribution in [0.15, 0.2) is 9.59 Å². The lowest BCUT2D eigenvalue weighted by Gasteiger charge is -2.12. The first kappa shape index (κ1) is 12.7. The molecule has 0 unspecified atom stereocenters. The number of ether oxygens (including phenoxy) is 4. The molecule has 0 aromatic heterocycles. The van der Waals surface area contributed by atoms with Crippen LogP contribution in [-0.4, -0.2) is 40.6 Å². The molecule has 6 heteroatoms. The van der Waals surface area contributed by atoms with E-state index in [9.17, 15) is 9.59 Å². The van der Waals surface area contributed by atoms with Crippen molar-refractivity contribution >= 4 is 0 Å². The predicted molar refractivity (Wildman–Crippen MR) is 56.1 cm³/mol. The van der Waals surface area contributed by atoms with E-state index in [-0.39, 0.29) is 24.7 Å². The molecule has 90 valence electrons. The van der Waals surface area contributed by atoms with Crippen LogP contribution in [0.2, 0.25) is 0 Å². The largest absolute Gasteiger partial charge is 0.484 e. The summed E-state index contributed by atoms with van der Waals surface area (Å²) in [5.74, 6) is -0.0312. The van der Waals surface area contributed by atoms with Crippen molar-refractivity contribution in [3.63, 3.8) is 0 Å². The standard InChI is InChI=1S/C10H14O6/c1-13-3-5-15-9-7(11)8(12)10(9)16-6-4-14-2/h3-6H2,1-2H3. The molecule has 0 aliphatic heterocycles. The fraction of sp³-hybridized carbons (Fsp3) is 0.600. The van der Waals surface area contributed by atoms with E-state index in [1.165, 1.54) is 14.2 Å². The van der Waals surface area contributed by atoms with Crippen LogP contribution < -0.4 is 20.3 Å². The van der Waals surface area contributed by atoms with Gasteiger partial charge < -0.3 is 18.9 Å². The van der Waals surface area contributed by atoms with E-state index in [0.717, 1.165) is 0 Å². The number of hydrogen-bond acceptors (Lipinski definition) is 6. The van der Waals surface area contributed by atoms with Gasteiger partial charge in [0.1, 0.15) is 13.2 Å². The Morgan fingerprint density at radius 2 is 1.12 bits per heavy atom. The molecule has 0 amide bonds. The summed E-state index contributed by atoms with van der Waals surface area (Å²) in [5, 5.41) is 0. The topological polar surface area (TPSA) is 71.1 Å². The third-order valence-electron chi connectivity index (χ3n) is 1.89. The van der Waals surface area contributed by atoms with Crippen LogP contribution in [0.1, 0.15) is 0 Å². The highest BCUT2D eigenvalue weighted by Gasteiger charge is 2.24. The number of methoxy groups -OCH3 is 2. The molecule has 0 heterocycles. The summed E-state index contributed by atoms with van der Waals surface area (Å²) < 4.78 is 19.6. The van der Waals surface area contributed by atoms with Gasteiger partial charge in [0.05, 0.1) is 13.2 Å². The lowest BCUT2D eigenvalue weighted by Crippen LogP contribution is -2.35. The average molecular weight is 230 g/mol. The van der Waals surface area contributed by atoms with E-state index in [1.807, 2.05) is 0 Å². The lowest BCUT2D eigenvalue weighted by molar-refractivity contribution is 0.129. The first-order valence-corrected chi connectivity index (χ1v) is 4.79. The van der Waals surface area contributed by atoms with Crippen molar-refractivity contribution in [2.75, 3.05) is 40.6 Å². The number of rotatable bonds is 8. The summed E-state index contributed by atoms with van der Waals surface area (Å²) in [7, 11) is 3.03. The Morgan fingerprint density at radius 3 is 1.44 bits per heavy atom. The van der Waals surface area contributed by atoms with Crippen molar-refractivity contribution in [3.8, 4) is 11.5 Å². The van der Waals surface area contributed by atoms with Gasteiger partial charge in [-0.1, -0.05) is 0 Å². The van der Waals surface area contributed by atoms with E-state index in [1.54, 1.807) is 0 Å². The van der Waals surface area contributed by atoms with E-state index in [0.29, 0.717) is 13.2 Å². The van der Waals surface area contributed by atoms with Crippen LogP contribution in [0.25, 0.3) is 0 Å². The maximum atomic E-state index is 11.1. The summed E-state index contributed by atoms with van der Waals surface area (Å²) in [6.07, 6.45) is 0. The van der Waals surface area contributed by atoms with Gasteiger partial charge in [-0.05, 0) is 0 Å². The van der Waals surface area contributed by atoms with Gasteiger partial charge in [0.15, 0.2) is 0 Å². The Morgan fingerprint density at radius 1 is 0.750 bits per heavy atom. The molecule has 16 heavy (non-hydrogen) atoms. The van der Waals surface area contributed by atoms with Crippen molar-refractivity contribution in [1.29, 1.82) is 0 Å². The van der Waals surface area contributed by atoms with Gasteiger partial charge in [0.25, 0.3) is 10.9 Å². The van der Waals surface area contributed by atoms with Crippen LogP contribution in [-0.2, 0) is 9.47 Å². The third kappa shape index (κ3) is 2.80. The Bertz CT molecular complexity index is 352. The van der Waals surface area contributed by atoms with Gasteiger partial charge in [-0.3, -0.25) is 9.59 Å². The van der Waals surface area contributed by atoms with Crippen molar-refractivity contribution in [2.24, 2.45) is 0 Å². The quantitative estimate of drug-likeness (QED) is 0.436. The number of hydrogen-bond donors (Lipinski definition) is 0. The molecule has 6 nitrogen and oxygen atoms in total. The van der Waals surface area contributed by atoms with Gasteiger partial charge >= 0.3 is 0 Å². The minimum atomic E-state index is -0.650. The summed E-state index contributed by atoms with van der Waals surface area (Å²) in [5.41, 5.74) is -1.30. The Labute approximate surface area is 92.4 Å². The maximum absolute atomic E-state index is 11.1. The molecule has 1 rings (SSSR count). The van der Waals surface area contributed by atoms with Gasteiger partial charge in [0.2, 0.25) is 11.5 Å². The van der Waals surface area contributed by atoms with Gasteiger partial charge in [-0.15, -0.1) is 0 Å². The summed E-state index contributed by atoms with van der Waals surface area (Å²) in [6, 6.07) is 0. The molecule has 0 spiro atoms. The van der Waals surface area contributed by atoms with Crippen molar-refractivity contribution < 1.29 is 18.9 Å². The zero-order chi connectivity index (χ0) is 12.0. The van der Waals surface area contributed by atoms with Crippen LogP contribution in [0.3, 0.4) is 0 Å². The van der Waals surface area contributed by atoms with Crippen LogP contribution in [0.5, 0.6) is 11.5 Å². The second-order valence-corrected chi connectivity index (χ2v) is 3.00. The van der Waals surface area contributed by atoms with Gasteiger partial charge in [-0.25, -0.2) is 0 Å². The Kier molecular flexibility index (Phi) is 4.94. The summed E-state index contributed by atoms with van der Waals surface area (Å²) >= 11 is 0. The zero-order valence-electron chi connectivity index (χ0n) is 9.28. The predicted octanol–water partition coefficient (Wildman–Crippen LogP) is -0.667. The van der Waals surface area contributed by atoms with E-state index in [4.69, 9.17) is 18.9 Å². The van der Waals surface area contributed by atoms with Crippen LogP contribution in [0.4, 0.5) is 0 Å². The molecular weight excluding hydrogens is 216 g/mol. The zero-order valence-corrected chi connectivity index (χ0v) is 9.28. The second-order valence-electron chi connectivity index (χ2n) is 3.00. The van der Waals surface area contributed by atoms with Gasteiger partial charge in [-0.2, -0.15) is 0 Å². The highest BCUT2D eigenvalue weighted by Crippen LogP contribution is 2.19. The van der Waals surface area contributed by atoms with Gasteiger partial charge in [0, 0.05) is 14.2 Å². The van der Waals surface area contributed by atoms with E-state index < -0.39 is 10.9 Å². The van der Waals surface area contributed by atoms with Crippen molar-refractivity contribution in [1.82, 2.24) is 0 Å². The fourth-order valence-corrected chi connectivity index (χ4v) is 1.07. The first-order chi connectivity index (χ1) is 7.72. The average Bonchev–Trinajstić information content (AvgIpc) is 2.31. The molecule has 0 atom stereocenters.